The van der Waals surface area contributed by atoms with Gasteiger partial charge in [0.15, 0.2) is 0 Å². The molecule has 0 N–H and O–H groups in total. The Hall–Kier alpha value is -3.46. The first-order valence-electron chi connectivity index (χ1n) is 16.6. The van der Waals surface area contributed by atoms with Crippen molar-refractivity contribution < 1.29 is 0 Å². The number of benzene rings is 5. The number of unbranched alkanes of at least 4 members (excludes halogenated alkanes) is 2. The molecule has 0 saturated carbocycles. The van der Waals surface area contributed by atoms with Gasteiger partial charge in [0.25, 0.3) is 0 Å². The van der Waals surface area contributed by atoms with Gasteiger partial charge in [-0.1, -0.05) is 75.2 Å². The maximum atomic E-state index is 2.42. The number of hydrogen-bond donors (Lipinski definition) is 0. The maximum absolute atomic E-state index is 2.42. The lowest BCUT2D eigenvalue weighted by molar-refractivity contribution is 0.794. The van der Waals surface area contributed by atoms with Gasteiger partial charge in [-0.15, -0.1) is 22.7 Å². The fourth-order valence-electron chi connectivity index (χ4n) is 6.47. The third-order valence-electron chi connectivity index (χ3n) is 9.17. The zero-order valence-corrected chi connectivity index (χ0v) is 27.8. The van der Waals surface area contributed by atoms with Crippen molar-refractivity contribution in [2.45, 2.75) is 78.1 Å². The number of hydrogen-bond acceptors (Lipinski definition) is 2. The smallest absolute Gasteiger partial charge is 0.0352 e. The van der Waals surface area contributed by atoms with Gasteiger partial charge < -0.3 is 0 Å². The Balaban J connectivity index is 1.06. The molecule has 0 aliphatic rings. The highest BCUT2D eigenvalue weighted by molar-refractivity contribution is 7.19. The van der Waals surface area contributed by atoms with E-state index in [2.05, 4.69) is 111 Å². The highest BCUT2D eigenvalue weighted by Crippen LogP contribution is 2.36. The van der Waals surface area contributed by atoms with Gasteiger partial charge in [-0.2, -0.15) is 0 Å². The number of fused-ring (bicyclic) bond motifs is 4. The fraction of sp³-hybridized carbons (Fsp3) is 0.286. The number of thiophene rings is 2. The van der Waals surface area contributed by atoms with Crippen LogP contribution in [0.4, 0.5) is 0 Å². The largest absolute Gasteiger partial charge is 0.140 e. The Bertz CT molecular complexity index is 1780. The summed E-state index contributed by atoms with van der Waals surface area (Å²) in [5.41, 5.74) is 5.82. The van der Waals surface area contributed by atoms with Crippen LogP contribution in [0.15, 0.2) is 97.1 Å². The Morgan fingerprint density at radius 2 is 0.705 bits per heavy atom. The van der Waals surface area contributed by atoms with E-state index in [9.17, 15) is 0 Å². The van der Waals surface area contributed by atoms with Crippen molar-refractivity contribution in [1.82, 2.24) is 0 Å². The molecule has 7 rings (SSSR count). The molecule has 0 radical (unpaired) electrons. The summed E-state index contributed by atoms with van der Waals surface area (Å²) in [6.07, 6.45) is 11.9. The van der Waals surface area contributed by atoms with Crippen molar-refractivity contribution in [3.63, 3.8) is 0 Å². The average Bonchev–Trinajstić information content (AvgIpc) is 3.64. The standard InChI is InChI=1S/C42H42S2/c1-3-5-7-29-9-13-31(14-10-29)17-19-39-25-37-23-33-21-36-28-42-38(24-34(36)22-35(33)27-41(37)43-39)26-40(44-42)20-18-32-15-11-30(12-16-32)8-6-4-2/h9-16,21-28H,3-8,17-20H2,1-2H3. The van der Waals surface area contributed by atoms with Crippen molar-refractivity contribution in [3.8, 4) is 0 Å². The first-order valence-corrected chi connectivity index (χ1v) is 18.2. The summed E-state index contributed by atoms with van der Waals surface area (Å²) in [6, 6.07) is 37.9. The lowest BCUT2D eigenvalue weighted by atomic mass is 10.0. The normalized spacial score (nSPS) is 11.9. The van der Waals surface area contributed by atoms with Crippen LogP contribution in [0.2, 0.25) is 0 Å². The molecule has 0 aliphatic heterocycles. The van der Waals surface area contributed by atoms with Gasteiger partial charge in [-0.3, -0.25) is 0 Å². The van der Waals surface area contributed by atoms with Crippen molar-refractivity contribution in [3.05, 3.63) is 129 Å². The molecule has 2 heterocycles. The van der Waals surface area contributed by atoms with E-state index in [1.54, 1.807) is 0 Å². The number of aryl methyl sites for hydroxylation is 6. The van der Waals surface area contributed by atoms with E-state index in [1.807, 2.05) is 22.7 Å². The SMILES string of the molecule is CCCCc1ccc(CCc2cc3cc4cc5cc6sc(CCc7ccc(CCCC)cc7)cc6cc5cc4cc3s2)cc1. The lowest BCUT2D eigenvalue weighted by Crippen LogP contribution is -1.90. The quantitative estimate of drug-likeness (QED) is 0.121. The van der Waals surface area contributed by atoms with Gasteiger partial charge in [0, 0.05) is 19.2 Å². The molecule has 0 aliphatic carbocycles. The minimum absolute atomic E-state index is 1.11. The van der Waals surface area contributed by atoms with Gasteiger partial charge in [-0.25, -0.2) is 0 Å². The molecule has 0 atom stereocenters. The summed E-state index contributed by atoms with van der Waals surface area (Å²) in [5.74, 6) is 0. The molecule has 0 bridgehead atoms. The molecule has 2 aromatic heterocycles. The molecule has 2 heteroatoms. The maximum Gasteiger partial charge on any atom is 0.0352 e. The van der Waals surface area contributed by atoms with E-state index in [4.69, 9.17) is 0 Å². The van der Waals surface area contributed by atoms with Gasteiger partial charge in [0.2, 0.25) is 0 Å². The summed E-state index contributed by atoms with van der Waals surface area (Å²) in [6.45, 7) is 4.52. The highest BCUT2D eigenvalue weighted by atomic mass is 32.1. The average molecular weight is 611 g/mol. The fourth-order valence-corrected chi connectivity index (χ4v) is 8.66. The minimum Gasteiger partial charge on any atom is -0.140 e. The third kappa shape index (κ3) is 6.63. The van der Waals surface area contributed by atoms with Gasteiger partial charge >= 0.3 is 0 Å². The van der Waals surface area contributed by atoms with Crippen molar-refractivity contribution in [1.29, 1.82) is 0 Å². The lowest BCUT2D eigenvalue weighted by Gasteiger charge is -2.04. The van der Waals surface area contributed by atoms with Crippen molar-refractivity contribution >= 4 is 64.4 Å². The monoisotopic (exact) mass is 610 g/mol. The molecular weight excluding hydrogens is 569 g/mol. The molecule has 5 aromatic carbocycles. The zero-order chi connectivity index (χ0) is 29.9. The predicted octanol–water partition coefficient (Wildman–Crippen LogP) is 12.7. The predicted molar refractivity (Wildman–Crippen MR) is 197 cm³/mol. The topological polar surface area (TPSA) is 0 Å². The van der Waals surface area contributed by atoms with Crippen molar-refractivity contribution in [2.24, 2.45) is 0 Å². The van der Waals surface area contributed by atoms with Crippen LogP contribution in [0.3, 0.4) is 0 Å². The molecule has 0 nitrogen and oxygen atoms in total. The van der Waals surface area contributed by atoms with E-state index in [0.717, 1.165) is 25.7 Å². The van der Waals surface area contributed by atoms with Crippen LogP contribution >= 0.6 is 22.7 Å². The molecule has 0 spiro atoms. The summed E-state index contributed by atoms with van der Waals surface area (Å²) in [5, 5.41) is 8.14. The molecule has 44 heavy (non-hydrogen) atoms. The second-order valence-corrected chi connectivity index (χ2v) is 14.9. The van der Waals surface area contributed by atoms with Crippen LogP contribution in [0.1, 0.15) is 71.5 Å². The van der Waals surface area contributed by atoms with Crippen molar-refractivity contribution in [2.75, 3.05) is 0 Å². The van der Waals surface area contributed by atoms with Crippen LogP contribution in [-0.2, 0) is 38.5 Å². The van der Waals surface area contributed by atoms with Gasteiger partial charge in [0.1, 0.15) is 0 Å². The van der Waals surface area contributed by atoms with Crippen LogP contribution in [0.5, 0.6) is 0 Å². The highest BCUT2D eigenvalue weighted by Gasteiger charge is 2.09. The molecule has 0 unspecified atom stereocenters. The van der Waals surface area contributed by atoms with Crippen LogP contribution in [0, 0.1) is 0 Å². The molecule has 222 valence electrons. The van der Waals surface area contributed by atoms with Crippen LogP contribution in [-0.4, -0.2) is 0 Å². The Morgan fingerprint density at radius 1 is 0.364 bits per heavy atom. The summed E-state index contributed by atoms with van der Waals surface area (Å²) < 4.78 is 2.80. The molecular formula is C42H42S2. The second kappa shape index (κ2) is 13.3. The molecule has 7 aromatic rings. The summed E-state index contributed by atoms with van der Waals surface area (Å²) >= 11 is 3.93. The number of rotatable bonds is 12. The van der Waals surface area contributed by atoms with Crippen LogP contribution < -0.4 is 0 Å². The second-order valence-electron chi connectivity index (χ2n) is 12.6. The first-order chi connectivity index (χ1) is 21.6. The Kier molecular flexibility index (Phi) is 8.82. The molecule has 0 amide bonds. The molecule has 0 saturated heterocycles. The van der Waals surface area contributed by atoms with E-state index < -0.39 is 0 Å². The van der Waals surface area contributed by atoms with E-state index >= 15 is 0 Å². The third-order valence-corrected chi connectivity index (χ3v) is 11.5. The van der Waals surface area contributed by atoms with Gasteiger partial charge in [-0.05, 0) is 154 Å². The molecule has 0 fully saturated rings. The Labute approximate surface area is 270 Å². The van der Waals surface area contributed by atoms with Gasteiger partial charge in [0.05, 0.1) is 0 Å². The Morgan fingerprint density at radius 3 is 1.09 bits per heavy atom. The van der Waals surface area contributed by atoms with E-state index in [0.29, 0.717) is 0 Å². The summed E-state index contributed by atoms with van der Waals surface area (Å²) in [4.78, 5) is 2.96. The minimum atomic E-state index is 1.11. The first kappa shape index (κ1) is 29.3. The van der Waals surface area contributed by atoms with Crippen LogP contribution in [0.25, 0.3) is 41.7 Å². The van der Waals surface area contributed by atoms with E-state index in [1.165, 1.54) is 112 Å². The summed E-state index contributed by atoms with van der Waals surface area (Å²) in [7, 11) is 0. The zero-order valence-electron chi connectivity index (χ0n) is 26.1. The van der Waals surface area contributed by atoms with E-state index in [-0.39, 0.29) is 0 Å².